The van der Waals surface area contributed by atoms with Crippen LogP contribution in [0, 0.1) is 11.8 Å². The summed E-state index contributed by atoms with van der Waals surface area (Å²) >= 11 is 0. The van der Waals surface area contributed by atoms with Gasteiger partial charge in [0.2, 0.25) is 0 Å². The monoisotopic (exact) mass is 342 g/mol. The topological polar surface area (TPSA) is 44.8 Å². The van der Waals surface area contributed by atoms with Crippen molar-refractivity contribution in [3.63, 3.8) is 0 Å². The maximum Gasteiger partial charge on any atom is 0.309 e. The molecule has 4 nitrogen and oxygen atoms in total. The smallest absolute Gasteiger partial charge is 0.309 e. The van der Waals surface area contributed by atoms with Crippen LogP contribution < -0.4 is 0 Å². The average Bonchev–Trinajstić information content (AvgIpc) is 2.58. The lowest BCUT2D eigenvalue weighted by Crippen LogP contribution is -2.50. The summed E-state index contributed by atoms with van der Waals surface area (Å²) < 4.78 is 17.7. The van der Waals surface area contributed by atoms with Gasteiger partial charge in [0.05, 0.1) is 19.1 Å². The average molecular weight is 343 g/mol. The Balaban J connectivity index is 2.47. The molecule has 1 aliphatic heterocycles. The molecule has 0 amide bonds. The van der Waals surface area contributed by atoms with E-state index in [0.29, 0.717) is 19.1 Å². The fraction of sp³-hybridized carbons (Fsp3) is 0.950. The van der Waals surface area contributed by atoms with E-state index in [1.165, 1.54) is 12.8 Å². The van der Waals surface area contributed by atoms with Gasteiger partial charge in [0.15, 0.2) is 5.79 Å². The van der Waals surface area contributed by atoms with Crippen LogP contribution in [0.5, 0.6) is 0 Å². The molecule has 0 radical (unpaired) electrons. The van der Waals surface area contributed by atoms with Crippen LogP contribution in [0.4, 0.5) is 0 Å². The Bertz CT molecular complexity index is 348. The molecule has 0 saturated carbocycles. The Morgan fingerprint density at radius 2 is 1.62 bits per heavy atom. The van der Waals surface area contributed by atoms with Crippen molar-refractivity contribution < 1.29 is 19.0 Å². The molecule has 4 heteroatoms. The SMILES string of the molecule is CCCCC(CC)C(=O)OC1COC(C)(C(CC)CCCC)OC1. The maximum absolute atomic E-state index is 12.3. The van der Waals surface area contributed by atoms with Gasteiger partial charge in [-0.2, -0.15) is 0 Å². The molecule has 1 aliphatic rings. The molecule has 1 fully saturated rings. The molecule has 1 rings (SSSR count). The first-order chi connectivity index (χ1) is 11.5. The van der Waals surface area contributed by atoms with E-state index in [-0.39, 0.29) is 18.0 Å². The third-order valence-corrected chi connectivity index (χ3v) is 5.27. The van der Waals surface area contributed by atoms with Gasteiger partial charge in [-0.15, -0.1) is 0 Å². The molecular weight excluding hydrogens is 304 g/mol. The summed E-state index contributed by atoms with van der Waals surface area (Å²) in [5.41, 5.74) is 0. The maximum atomic E-state index is 12.3. The van der Waals surface area contributed by atoms with E-state index in [4.69, 9.17) is 14.2 Å². The Morgan fingerprint density at radius 1 is 1.04 bits per heavy atom. The van der Waals surface area contributed by atoms with E-state index in [0.717, 1.165) is 38.5 Å². The van der Waals surface area contributed by atoms with E-state index >= 15 is 0 Å². The predicted octanol–water partition coefficient (Wildman–Crippen LogP) is 5.09. The number of rotatable bonds is 11. The molecule has 0 aromatic carbocycles. The molecule has 142 valence electrons. The second kappa shape index (κ2) is 11.1. The molecule has 0 N–H and O–H groups in total. The number of ether oxygens (including phenoxy) is 3. The van der Waals surface area contributed by atoms with Crippen LogP contribution in [-0.4, -0.2) is 31.1 Å². The van der Waals surface area contributed by atoms with Gasteiger partial charge in [-0.3, -0.25) is 4.79 Å². The van der Waals surface area contributed by atoms with Crippen molar-refractivity contribution in [3.8, 4) is 0 Å². The summed E-state index contributed by atoms with van der Waals surface area (Å²) in [5.74, 6) is -0.239. The van der Waals surface area contributed by atoms with Crippen molar-refractivity contribution >= 4 is 5.97 Å². The van der Waals surface area contributed by atoms with Crippen LogP contribution in [0.3, 0.4) is 0 Å². The molecule has 0 spiro atoms. The zero-order valence-electron chi connectivity index (χ0n) is 16.4. The summed E-state index contributed by atoms with van der Waals surface area (Å²) in [4.78, 5) is 12.3. The summed E-state index contributed by atoms with van der Waals surface area (Å²) in [5, 5.41) is 0. The number of carbonyl (C=O) groups is 1. The number of hydrogen-bond acceptors (Lipinski definition) is 4. The van der Waals surface area contributed by atoms with Crippen LogP contribution in [-0.2, 0) is 19.0 Å². The highest BCUT2D eigenvalue weighted by Gasteiger charge is 2.40. The Labute approximate surface area is 148 Å². The third-order valence-electron chi connectivity index (χ3n) is 5.27. The molecule has 0 aromatic rings. The number of unbranched alkanes of at least 4 members (excludes halogenated alkanes) is 2. The molecular formula is C20H38O4. The largest absolute Gasteiger partial charge is 0.457 e. The lowest BCUT2D eigenvalue weighted by molar-refractivity contribution is -0.309. The van der Waals surface area contributed by atoms with Gasteiger partial charge in [0, 0.05) is 5.92 Å². The fourth-order valence-corrected chi connectivity index (χ4v) is 3.40. The van der Waals surface area contributed by atoms with Crippen molar-refractivity contribution in [1.82, 2.24) is 0 Å². The fourth-order valence-electron chi connectivity index (χ4n) is 3.40. The van der Waals surface area contributed by atoms with Crippen molar-refractivity contribution in [3.05, 3.63) is 0 Å². The molecule has 0 bridgehead atoms. The minimum atomic E-state index is -0.542. The van der Waals surface area contributed by atoms with E-state index in [1.54, 1.807) is 0 Å². The van der Waals surface area contributed by atoms with Crippen molar-refractivity contribution in [1.29, 1.82) is 0 Å². The lowest BCUT2D eigenvalue weighted by Gasteiger charge is -2.42. The second-order valence-electron chi connectivity index (χ2n) is 7.19. The van der Waals surface area contributed by atoms with Crippen molar-refractivity contribution in [2.45, 2.75) is 97.9 Å². The molecule has 1 saturated heterocycles. The zero-order valence-corrected chi connectivity index (χ0v) is 16.4. The number of esters is 1. The van der Waals surface area contributed by atoms with Crippen molar-refractivity contribution in [2.75, 3.05) is 13.2 Å². The standard InChI is InChI=1S/C20H38O4/c1-6-10-12-16(8-3)19(21)24-18-14-22-20(5,23-15-18)17(9-4)13-11-7-2/h16-18H,6-15H2,1-5H3. The summed E-state index contributed by atoms with van der Waals surface area (Å²) in [6.45, 7) is 11.5. The normalized spacial score (nSPS) is 26.8. The first-order valence-corrected chi connectivity index (χ1v) is 9.98. The molecule has 0 aliphatic carbocycles. The minimum Gasteiger partial charge on any atom is -0.457 e. The van der Waals surface area contributed by atoms with E-state index in [9.17, 15) is 4.79 Å². The molecule has 0 aromatic heterocycles. The molecule has 24 heavy (non-hydrogen) atoms. The highest BCUT2D eigenvalue weighted by Crippen LogP contribution is 2.33. The summed E-state index contributed by atoms with van der Waals surface area (Å²) in [7, 11) is 0. The highest BCUT2D eigenvalue weighted by atomic mass is 16.7. The van der Waals surface area contributed by atoms with Gasteiger partial charge < -0.3 is 14.2 Å². The van der Waals surface area contributed by atoms with E-state index in [1.807, 2.05) is 13.8 Å². The number of carbonyl (C=O) groups excluding carboxylic acids is 1. The van der Waals surface area contributed by atoms with Crippen LogP contribution >= 0.6 is 0 Å². The summed E-state index contributed by atoms with van der Waals surface area (Å²) in [6.07, 6.45) is 8.17. The van der Waals surface area contributed by atoms with Crippen LogP contribution in [0.25, 0.3) is 0 Å². The molecule has 2 unspecified atom stereocenters. The third kappa shape index (κ3) is 6.36. The highest BCUT2D eigenvalue weighted by molar-refractivity contribution is 5.72. The predicted molar refractivity (Wildman–Crippen MR) is 96.8 cm³/mol. The van der Waals surface area contributed by atoms with Crippen LogP contribution in [0.1, 0.15) is 86.0 Å². The Kier molecular flexibility index (Phi) is 9.91. The van der Waals surface area contributed by atoms with Crippen molar-refractivity contribution in [2.24, 2.45) is 11.8 Å². The first-order valence-electron chi connectivity index (χ1n) is 9.98. The lowest BCUT2D eigenvalue weighted by atomic mass is 9.90. The van der Waals surface area contributed by atoms with Gasteiger partial charge in [0.1, 0.15) is 6.10 Å². The van der Waals surface area contributed by atoms with Gasteiger partial charge in [-0.05, 0) is 32.6 Å². The van der Waals surface area contributed by atoms with E-state index in [2.05, 4.69) is 20.8 Å². The summed E-state index contributed by atoms with van der Waals surface area (Å²) in [6, 6.07) is 0. The second-order valence-corrected chi connectivity index (χ2v) is 7.19. The van der Waals surface area contributed by atoms with Gasteiger partial charge in [-0.25, -0.2) is 0 Å². The molecule has 1 heterocycles. The van der Waals surface area contributed by atoms with Gasteiger partial charge in [-0.1, -0.05) is 53.4 Å². The Morgan fingerprint density at radius 3 is 2.12 bits per heavy atom. The van der Waals surface area contributed by atoms with E-state index < -0.39 is 5.79 Å². The Hall–Kier alpha value is -0.610. The van der Waals surface area contributed by atoms with Gasteiger partial charge in [0.25, 0.3) is 0 Å². The first kappa shape index (κ1) is 21.4. The van der Waals surface area contributed by atoms with Gasteiger partial charge >= 0.3 is 5.97 Å². The van der Waals surface area contributed by atoms with Crippen LogP contribution in [0.15, 0.2) is 0 Å². The quantitative estimate of drug-likeness (QED) is 0.490. The zero-order chi connectivity index (χ0) is 18.0. The van der Waals surface area contributed by atoms with Crippen LogP contribution in [0.2, 0.25) is 0 Å². The molecule has 2 atom stereocenters. The minimum absolute atomic E-state index is 0.00575. The number of hydrogen-bond donors (Lipinski definition) is 0.